The topological polar surface area (TPSA) is 126 Å². The van der Waals surface area contributed by atoms with Gasteiger partial charge in [0, 0.05) is 17.5 Å². The predicted molar refractivity (Wildman–Crippen MR) is 113 cm³/mol. The first-order valence-electron chi connectivity index (χ1n) is 9.94. The fourth-order valence-electron chi connectivity index (χ4n) is 4.37. The molecule has 8 heteroatoms. The number of aromatic amines is 1. The predicted octanol–water partition coefficient (Wildman–Crippen LogP) is 1.93. The minimum atomic E-state index is -0.0162. The van der Waals surface area contributed by atoms with Crippen molar-refractivity contribution in [3.63, 3.8) is 0 Å². The van der Waals surface area contributed by atoms with Crippen molar-refractivity contribution in [2.45, 2.75) is 38.5 Å². The molecule has 8 nitrogen and oxygen atoms in total. The number of hydrogen-bond donors (Lipinski definition) is 2. The molecule has 0 bridgehead atoms. The number of fused-ring (bicyclic) bond motifs is 3. The lowest BCUT2D eigenvalue weighted by Crippen LogP contribution is -2.29. The summed E-state index contributed by atoms with van der Waals surface area (Å²) < 4.78 is 0. The van der Waals surface area contributed by atoms with Crippen LogP contribution in [0.25, 0.3) is 10.8 Å². The lowest BCUT2D eigenvalue weighted by Gasteiger charge is -2.20. The van der Waals surface area contributed by atoms with Gasteiger partial charge in [-0.05, 0) is 32.1 Å². The van der Waals surface area contributed by atoms with Crippen LogP contribution in [0.2, 0.25) is 0 Å². The van der Waals surface area contributed by atoms with E-state index in [-0.39, 0.29) is 18.1 Å². The molecule has 0 spiro atoms. The monoisotopic (exact) mass is 392 g/mol. The number of nitrogens with one attached hydrogen (secondary N) is 1. The van der Waals surface area contributed by atoms with Crippen LogP contribution in [0.3, 0.4) is 0 Å². The molecule has 2 aliphatic rings. The average Bonchev–Trinajstić information content (AvgIpc) is 3.01. The summed E-state index contributed by atoms with van der Waals surface area (Å²) >= 11 is 0. The zero-order chi connectivity index (χ0) is 20.7. The molecule has 1 aliphatic carbocycles. The van der Waals surface area contributed by atoms with E-state index in [1.807, 2.05) is 14.1 Å². The van der Waals surface area contributed by atoms with Crippen LogP contribution in [0, 0.1) is 11.3 Å². The van der Waals surface area contributed by atoms with Crippen LogP contribution in [0.1, 0.15) is 43.2 Å². The molecule has 150 valence electrons. The summed E-state index contributed by atoms with van der Waals surface area (Å²) in [6, 6.07) is 2.27. The minimum Gasteiger partial charge on any atom is -0.383 e. The summed E-state index contributed by atoms with van der Waals surface area (Å²) in [4.78, 5) is 23.9. The van der Waals surface area contributed by atoms with Crippen LogP contribution < -0.4 is 26.3 Å². The van der Waals surface area contributed by atoms with E-state index in [9.17, 15) is 10.1 Å². The number of nitrogens with zero attached hydrogens (tertiary/aromatic N) is 4. The summed E-state index contributed by atoms with van der Waals surface area (Å²) in [7, 11) is 3.66. The van der Waals surface area contributed by atoms with Crippen molar-refractivity contribution >= 4 is 40.0 Å². The van der Waals surface area contributed by atoms with Gasteiger partial charge >= 0.3 is 0 Å². The highest BCUT2D eigenvalue weighted by molar-refractivity contribution is 6.12. The fourth-order valence-corrected chi connectivity index (χ4v) is 4.37. The Morgan fingerprint density at radius 1 is 1.31 bits per heavy atom. The molecule has 5 N–H and O–H groups in total. The molecule has 3 heterocycles. The molecule has 2 aromatic rings. The van der Waals surface area contributed by atoms with Crippen LogP contribution in [0.5, 0.6) is 0 Å². The van der Waals surface area contributed by atoms with Crippen molar-refractivity contribution in [2.75, 3.05) is 41.9 Å². The van der Waals surface area contributed by atoms with Crippen molar-refractivity contribution in [1.29, 1.82) is 5.26 Å². The van der Waals surface area contributed by atoms with Crippen LogP contribution in [-0.4, -0.2) is 31.5 Å². The second-order valence-electron chi connectivity index (χ2n) is 7.90. The van der Waals surface area contributed by atoms with E-state index in [0.717, 1.165) is 24.8 Å². The van der Waals surface area contributed by atoms with Crippen LogP contribution in [0.4, 0.5) is 23.3 Å². The van der Waals surface area contributed by atoms with Gasteiger partial charge in [0.05, 0.1) is 25.9 Å². The first-order valence-corrected chi connectivity index (χ1v) is 9.94. The number of H-pyrrole nitrogens is 1. The third-order valence-electron chi connectivity index (χ3n) is 5.80. The number of carbonyl (C=O) groups is 1. The van der Waals surface area contributed by atoms with E-state index in [1.54, 1.807) is 9.80 Å². The van der Waals surface area contributed by atoms with E-state index in [0.29, 0.717) is 40.3 Å². The van der Waals surface area contributed by atoms with E-state index in [2.05, 4.69) is 22.1 Å². The SMILES string of the molecule is CN(C)c1[nH+]c(N)c2c(N)nc3c(c2c1C#N)CC(=O)N3CCC1=CCCCC1. The molecular formula is C21H26N7O+. The molecule has 29 heavy (non-hydrogen) atoms. The Kier molecular flexibility index (Phi) is 4.74. The zero-order valence-electron chi connectivity index (χ0n) is 16.9. The third kappa shape index (κ3) is 3.12. The van der Waals surface area contributed by atoms with Gasteiger partial charge < -0.3 is 11.5 Å². The molecular weight excluding hydrogens is 366 g/mol. The molecule has 1 aliphatic heterocycles. The molecule has 4 rings (SSSR count). The fraction of sp³-hybridized carbons (Fsp3) is 0.429. The van der Waals surface area contributed by atoms with Crippen LogP contribution in [-0.2, 0) is 11.2 Å². The second kappa shape index (κ2) is 7.24. The number of nitrogen functional groups attached to an aromatic ring is 2. The van der Waals surface area contributed by atoms with Crippen molar-refractivity contribution in [3.8, 4) is 6.07 Å². The lowest BCUT2D eigenvalue weighted by molar-refractivity contribution is -0.344. The van der Waals surface area contributed by atoms with Gasteiger partial charge in [-0.1, -0.05) is 11.6 Å². The van der Waals surface area contributed by atoms with Crippen molar-refractivity contribution < 1.29 is 9.78 Å². The van der Waals surface area contributed by atoms with E-state index in [1.165, 1.54) is 18.4 Å². The van der Waals surface area contributed by atoms with Gasteiger partial charge in [-0.2, -0.15) is 5.26 Å². The highest BCUT2D eigenvalue weighted by Crippen LogP contribution is 2.40. The number of allylic oxidation sites excluding steroid dienone is 1. The summed E-state index contributed by atoms with van der Waals surface area (Å²) in [5, 5.41) is 11.0. The first kappa shape index (κ1) is 19.0. The number of aromatic nitrogens is 2. The van der Waals surface area contributed by atoms with E-state index in [4.69, 9.17) is 11.5 Å². The number of nitrogens with two attached hydrogens (primary N) is 2. The Labute approximate surface area is 169 Å². The summed E-state index contributed by atoms with van der Waals surface area (Å²) in [6.07, 6.45) is 7.99. The maximum absolute atomic E-state index is 12.9. The summed E-state index contributed by atoms with van der Waals surface area (Å²) in [6.45, 7) is 0.576. The van der Waals surface area contributed by atoms with Gasteiger partial charge in [0.15, 0.2) is 0 Å². The lowest BCUT2D eigenvalue weighted by atomic mass is 9.97. The Hall–Kier alpha value is -3.34. The smallest absolute Gasteiger partial charge is 0.239 e. The van der Waals surface area contributed by atoms with Gasteiger partial charge in [0.1, 0.15) is 23.3 Å². The number of hydrogen-bond acceptors (Lipinski definition) is 6. The highest BCUT2D eigenvalue weighted by Gasteiger charge is 2.34. The number of rotatable bonds is 4. The van der Waals surface area contributed by atoms with Gasteiger partial charge in [0.25, 0.3) is 0 Å². The maximum Gasteiger partial charge on any atom is 0.239 e. The second-order valence-corrected chi connectivity index (χ2v) is 7.90. The normalized spacial score (nSPS) is 16.0. The van der Waals surface area contributed by atoms with Crippen molar-refractivity contribution in [2.24, 2.45) is 0 Å². The number of amides is 1. The van der Waals surface area contributed by atoms with Gasteiger partial charge in [-0.15, -0.1) is 0 Å². The number of anilines is 4. The molecule has 0 atom stereocenters. The third-order valence-corrected chi connectivity index (χ3v) is 5.80. The minimum absolute atomic E-state index is 0.0162. The largest absolute Gasteiger partial charge is 0.383 e. The average molecular weight is 392 g/mol. The van der Waals surface area contributed by atoms with E-state index < -0.39 is 0 Å². The Balaban J connectivity index is 1.84. The molecule has 0 saturated heterocycles. The van der Waals surface area contributed by atoms with Crippen molar-refractivity contribution in [1.82, 2.24) is 4.98 Å². The molecule has 0 aromatic carbocycles. The molecule has 0 unspecified atom stereocenters. The van der Waals surface area contributed by atoms with Crippen LogP contribution >= 0.6 is 0 Å². The Morgan fingerprint density at radius 2 is 2.10 bits per heavy atom. The van der Waals surface area contributed by atoms with Gasteiger partial charge in [-0.25, -0.2) is 9.97 Å². The highest BCUT2D eigenvalue weighted by atomic mass is 16.2. The molecule has 1 amide bonds. The maximum atomic E-state index is 12.9. The standard InChI is InChI=1S/C21H25N7O/c1-27(2)20-14(11-22)16-13-10-15(29)28(9-8-12-6-4-3-5-7-12)21(13)26-19(24)17(16)18(23)25-20/h6H,3-5,7-10H2,1-2H3,(H2,23,25)(H2,24,26)/p+1. The summed E-state index contributed by atoms with van der Waals surface area (Å²) in [5.74, 6) is 1.70. The van der Waals surface area contributed by atoms with E-state index >= 15 is 0 Å². The Bertz CT molecular complexity index is 1080. The number of nitriles is 1. The summed E-state index contributed by atoms with van der Waals surface area (Å²) in [5.41, 5.74) is 15.0. The number of carbonyl (C=O) groups excluding carboxylic acids is 1. The van der Waals surface area contributed by atoms with Crippen molar-refractivity contribution in [3.05, 3.63) is 22.8 Å². The molecule has 0 fully saturated rings. The zero-order valence-corrected chi connectivity index (χ0v) is 16.9. The molecule has 0 radical (unpaired) electrons. The number of pyridine rings is 2. The quantitative estimate of drug-likeness (QED) is 0.766. The van der Waals surface area contributed by atoms with Crippen LogP contribution in [0.15, 0.2) is 11.6 Å². The molecule has 0 saturated carbocycles. The van der Waals surface area contributed by atoms with Gasteiger partial charge in [-0.3, -0.25) is 14.6 Å². The Morgan fingerprint density at radius 3 is 2.76 bits per heavy atom. The first-order chi connectivity index (χ1) is 13.9. The van der Waals surface area contributed by atoms with Gasteiger partial charge in [0.2, 0.25) is 17.5 Å². The molecule has 2 aromatic heterocycles.